The normalized spacial score (nSPS) is 0. The van der Waals surface area contributed by atoms with Crippen LogP contribution in [-0.4, -0.2) is 25.2 Å². The van der Waals surface area contributed by atoms with Gasteiger partial charge in [-0.1, -0.05) is 0 Å². The molecule has 0 aliphatic carbocycles. The van der Waals surface area contributed by atoms with Gasteiger partial charge in [-0.15, -0.1) is 0 Å². The Kier molecular flexibility index (Phi) is 1960. The van der Waals surface area contributed by atoms with Crippen LogP contribution in [0.15, 0.2) is 0 Å². The van der Waals surface area contributed by atoms with Gasteiger partial charge in [0.05, 0.1) is 0 Å². The standard InChI is InChI=1S/CH3.3B.Zr/h1H3;;;;/q-1;;;;. The molecule has 0 aromatic heterocycles. The summed E-state index contributed by atoms with van der Waals surface area (Å²) in [7, 11) is 0. The minimum absolute atomic E-state index is 0. The first-order chi connectivity index (χ1) is 0. The van der Waals surface area contributed by atoms with Crippen molar-refractivity contribution < 1.29 is 26.2 Å². The molecule has 0 nitrogen and oxygen atoms in total. The molecule has 0 rings (SSSR count). The maximum absolute atomic E-state index is 0. The Hall–Kier alpha value is 1.08. The van der Waals surface area contributed by atoms with E-state index in [1.165, 1.54) is 0 Å². The molecule has 0 saturated heterocycles. The maximum Gasteiger partial charge on any atom is 0 e. The minimum atomic E-state index is 0. The molecule has 21 valence electrons. The zero-order valence-electron chi connectivity index (χ0n) is 3.23. The molecule has 4 heteroatoms. The van der Waals surface area contributed by atoms with Crippen LogP contribution in [-0.2, 0) is 26.2 Å². The van der Waals surface area contributed by atoms with Gasteiger partial charge in [-0.25, -0.2) is 0 Å². The fourth-order valence-corrected chi connectivity index (χ4v) is 0. The van der Waals surface area contributed by atoms with Crippen LogP contribution >= 0.6 is 0 Å². The van der Waals surface area contributed by atoms with Gasteiger partial charge in [0, 0.05) is 51.4 Å². The first-order valence-electron chi connectivity index (χ1n) is 0. The molecular weight excluding hydrogens is 136 g/mol. The van der Waals surface area contributed by atoms with Gasteiger partial charge in [-0.3, -0.25) is 0 Å². The first-order valence-corrected chi connectivity index (χ1v) is 0. The maximum atomic E-state index is 0. The van der Waals surface area contributed by atoms with Crippen LogP contribution in [0, 0.1) is 7.43 Å². The zero-order valence-corrected chi connectivity index (χ0v) is 5.69. The van der Waals surface area contributed by atoms with Crippen molar-refractivity contribution in [1.29, 1.82) is 0 Å². The van der Waals surface area contributed by atoms with E-state index in [1.54, 1.807) is 0 Å². The van der Waals surface area contributed by atoms with Crippen molar-refractivity contribution in [3.05, 3.63) is 7.43 Å². The van der Waals surface area contributed by atoms with Gasteiger partial charge in [0.2, 0.25) is 0 Å². The topological polar surface area (TPSA) is 0 Å². The summed E-state index contributed by atoms with van der Waals surface area (Å²) in [5.41, 5.74) is 0. The Morgan fingerprint density at radius 2 is 0.600 bits per heavy atom. The van der Waals surface area contributed by atoms with Crippen LogP contribution < -0.4 is 0 Å². The third-order valence-electron chi connectivity index (χ3n) is 0. The van der Waals surface area contributed by atoms with Crippen LogP contribution in [0.3, 0.4) is 0 Å². The fraction of sp³-hybridized carbons (Fsp3) is 0. The number of hydrogen-bond acceptors (Lipinski definition) is 0. The first kappa shape index (κ1) is 135. The molecule has 9 radical (unpaired) electrons. The average molecular weight is 139 g/mol. The van der Waals surface area contributed by atoms with Gasteiger partial charge in [-0.2, -0.15) is 0 Å². The fourth-order valence-electron chi connectivity index (χ4n) is 0. The van der Waals surface area contributed by atoms with E-state index >= 15 is 0 Å². The summed E-state index contributed by atoms with van der Waals surface area (Å²) >= 11 is 0. The molecule has 0 bridgehead atoms. The van der Waals surface area contributed by atoms with Gasteiger partial charge in [-0.05, 0) is 0 Å². The molecule has 0 aliphatic heterocycles. The molecule has 0 amide bonds. The van der Waals surface area contributed by atoms with E-state index in [4.69, 9.17) is 0 Å². The van der Waals surface area contributed by atoms with Gasteiger partial charge < -0.3 is 7.43 Å². The molecule has 0 heterocycles. The SMILES string of the molecule is [B].[B].[B].[CH3-].[Zr]. The molecule has 0 spiro atoms. The largest absolute Gasteiger partial charge is 0.358 e. The summed E-state index contributed by atoms with van der Waals surface area (Å²) in [5, 5.41) is 0. The molecule has 0 aliphatic rings. The Bertz CT molecular complexity index is 6.85. The smallest absolute Gasteiger partial charge is 0 e. The quantitative estimate of drug-likeness (QED) is 0.307. The van der Waals surface area contributed by atoms with E-state index < -0.39 is 0 Å². The van der Waals surface area contributed by atoms with Crippen molar-refractivity contribution in [3.8, 4) is 0 Å². The Morgan fingerprint density at radius 3 is 0.600 bits per heavy atom. The molecular formula is CH3B3Zr-. The molecule has 0 aromatic rings. The second kappa shape index (κ2) is 72.7. The zero-order chi connectivity index (χ0) is 0. The summed E-state index contributed by atoms with van der Waals surface area (Å²) < 4.78 is 0. The molecule has 0 atom stereocenters. The molecule has 0 N–H and O–H groups in total. The van der Waals surface area contributed by atoms with Crippen molar-refractivity contribution in [3.63, 3.8) is 0 Å². The second-order valence-electron chi connectivity index (χ2n) is 0. The molecule has 0 saturated carbocycles. The van der Waals surface area contributed by atoms with Crippen molar-refractivity contribution in [2.75, 3.05) is 0 Å². The summed E-state index contributed by atoms with van der Waals surface area (Å²) in [4.78, 5) is 0. The Morgan fingerprint density at radius 1 is 0.600 bits per heavy atom. The van der Waals surface area contributed by atoms with Gasteiger partial charge in [0.15, 0.2) is 0 Å². The molecule has 0 aromatic carbocycles. The van der Waals surface area contributed by atoms with E-state index in [1.807, 2.05) is 0 Å². The van der Waals surface area contributed by atoms with E-state index in [0.29, 0.717) is 0 Å². The summed E-state index contributed by atoms with van der Waals surface area (Å²) in [6, 6.07) is 0. The third kappa shape index (κ3) is 41.4. The van der Waals surface area contributed by atoms with Gasteiger partial charge in [0.1, 0.15) is 0 Å². The Labute approximate surface area is 59.0 Å². The Balaban J connectivity index is 0. The summed E-state index contributed by atoms with van der Waals surface area (Å²) in [6.45, 7) is 0. The minimum Gasteiger partial charge on any atom is -0.358 e. The van der Waals surface area contributed by atoms with Crippen LogP contribution in [0.2, 0.25) is 0 Å². The van der Waals surface area contributed by atoms with Crippen LogP contribution in [0.5, 0.6) is 0 Å². The van der Waals surface area contributed by atoms with Crippen molar-refractivity contribution in [2.24, 2.45) is 0 Å². The van der Waals surface area contributed by atoms with E-state index in [-0.39, 0.29) is 58.9 Å². The predicted molar refractivity (Wildman–Crippen MR) is 23.7 cm³/mol. The van der Waals surface area contributed by atoms with Crippen molar-refractivity contribution in [2.45, 2.75) is 0 Å². The van der Waals surface area contributed by atoms with Gasteiger partial charge >= 0.3 is 0 Å². The summed E-state index contributed by atoms with van der Waals surface area (Å²) in [5.74, 6) is 0. The van der Waals surface area contributed by atoms with Crippen molar-refractivity contribution in [1.82, 2.24) is 0 Å². The monoisotopic (exact) mass is 138 g/mol. The van der Waals surface area contributed by atoms with Crippen LogP contribution in [0.25, 0.3) is 0 Å². The van der Waals surface area contributed by atoms with E-state index in [0.717, 1.165) is 0 Å². The van der Waals surface area contributed by atoms with Crippen LogP contribution in [0.1, 0.15) is 0 Å². The second-order valence-corrected chi connectivity index (χ2v) is 0. The van der Waals surface area contributed by atoms with E-state index in [9.17, 15) is 0 Å². The van der Waals surface area contributed by atoms with Gasteiger partial charge in [0.25, 0.3) is 0 Å². The molecule has 0 fully saturated rings. The third-order valence-corrected chi connectivity index (χ3v) is 0. The van der Waals surface area contributed by atoms with Crippen molar-refractivity contribution >= 4 is 25.2 Å². The predicted octanol–water partition coefficient (Wildman–Crippen LogP) is -0.695. The number of hydrogen-bond donors (Lipinski definition) is 0. The summed E-state index contributed by atoms with van der Waals surface area (Å²) in [6.07, 6.45) is 0. The number of rotatable bonds is 0. The molecule has 5 heavy (non-hydrogen) atoms. The van der Waals surface area contributed by atoms with E-state index in [2.05, 4.69) is 0 Å². The van der Waals surface area contributed by atoms with Crippen LogP contribution in [0.4, 0.5) is 0 Å². The average Bonchev–Trinajstić information content (AvgIpc) is 0. The molecule has 0 unspecified atom stereocenters.